The summed E-state index contributed by atoms with van der Waals surface area (Å²) >= 11 is 6.58. The first-order valence-corrected chi connectivity index (χ1v) is 10.2. The Bertz CT molecular complexity index is 1080. The van der Waals surface area contributed by atoms with E-state index in [1.165, 1.54) is 10.9 Å². The molecule has 0 spiro atoms. The molecule has 29 heavy (non-hydrogen) atoms. The zero-order valence-electron chi connectivity index (χ0n) is 16.3. The molecule has 0 bridgehead atoms. The van der Waals surface area contributed by atoms with Crippen LogP contribution in [0.25, 0.3) is 10.9 Å². The van der Waals surface area contributed by atoms with Gasteiger partial charge >= 0.3 is 0 Å². The minimum Gasteiger partial charge on any atom is -0.357 e. The fraction of sp³-hybridized carbons (Fsp3) is 0.304. The van der Waals surface area contributed by atoms with Gasteiger partial charge in [0.15, 0.2) is 0 Å². The first kappa shape index (κ1) is 19.5. The van der Waals surface area contributed by atoms with E-state index in [-0.39, 0.29) is 24.4 Å². The molecule has 1 amide bonds. The molecule has 1 aromatic heterocycles. The van der Waals surface area contributed by atoms with Crippen molar-refractivity contribution in [3.05, 3.63) is 70.4 Å². The van der Waals surface area contributed by atoms with Crippen LogP contribution in [0.15, 0.2) is 48.5 Å². The lowest BCUT2D eigenvalue weighted by atomic mass is 9.83. The van der Waals surface area contributed by atoms with E-state index in [4.69, 9.17) is 16.9 Å². The van der Waals surface area contributed by atoms with Gasteiger partial charge < -0.3 is 10.3 Å². The van der Waals surface area contributed by atoms with Gasteiger partial charge in [-0.3, -0.25) is 9.69 Å². The van der Waals surface area contributed by atoms with Crippen LogP contribution in [0.4, 0.5) is 0 Å². The topological polar surface area (TPSA) is 71.9 Å². The standard InChI is InChI=1S/C23H23ClN4O/c1-15-23-22(17-8-3-5-10-20(17)27-23)18(16-7-2-4-9-19(16)24)13-28(15)14-21(29)26-12-6-11-25/h2-5,7-10,15,18,27H,6,12-14H2,1H3,(H,26,29)/t15-,18+/m0/s1. The highest BCUT2D eigenvalue weighted by molar-refractivity contribution is 6.31. The summed E-state index contributed by atoms with van der Waals surface area (Å²) in [7, 11) is 0. The molecule has 1 aliphatic heterocycles. The van der Waals surface area contributed by atoms with Crippen LogP contribution in [0.1, 0.15) is 42.1 Å². The molecule has 0 aliphatic carbocycles. The molecule has 1 aliphatic rings. The molecule has 2 heterocycles. The third kappa shape index (κ3) is 3.74. The summed E-state index contributed by atoms with van der Waals surface area (Å²) in [4.78, 5) is 18.2. The number of rotatable bonds is 5. The number of hydrogen-bond acceptors (Lipinski definition) is 3. The molecular weight excluding hydrogens is 384 g/mol. The maximum absolute atomic E-state index is 12.4. The molecular formula is C23H23ClN4O. The van der Waals surface area contributed by atoms with Gasteiger partial charge in [-0.2, -0.15) is 5.26 Å². The predicted molar refractivity (Wildman–Crippen MR) is 115 cm³/mol. The molecule has 0 radical (unpaired) electrons. The first-order chi connectivity index (χ1) is 14.1. The maximum atomic E-state index is 12.4. The Labute approximate surface area is 175 Å². The average Bonchev–Trinajstić information content (AvgIpc) is 3.11. The smallest absolute Gasteiger partial charge is 0.234 e. The Hall–Kier alpha value is -2.81. The Morgan fingerprint density at radius 1 is 1.28 bits per heavy atom. The zero-order chi connectivity index (χ0) is 20.4. The number of nitrogens with one attached hydrogen (secondary N) is 2. The number of benzene rings is 2. The fourth-order valence-corrected chi connectivity index (χ4v) is 4.53. The highest BCUT2D eigenvalue weighted by Gasteiger charge is 2.36. The van der Waals surface area contributed by atoms with E-state index < -0.39 is 0 Å². The number of H-pyrrole nitrogens is 1. The number of aromatic nitrogens is 1. The maximum Gasteiger partial charge on any atom is 0.234 e. The van der Waals surface area contributed by atoms with Crippen molar-refractivity contribution in [3.8, 4) is 6.07 Å². The molecule has 2 aromatic carbocycles. The van der Waals surface area contributed by atoms with Gasteiger partial charge in [-0.05, 0) is 30.2 Å². The fourth-order valence-electron chi connectivity index (χ4n) is 4.27. The molecule has 0 fully saturated rings. The normalized spacial score (nSPS) is 18.9. The van der Waals surface area contributed by atoms with Crippen molar-refractivity contribution in [2.75, 3.05) is 19.6 Å². The van der Waals surface area contributed by atoms with Crippen LogP contribution in [0.5, 0.6) is 0 Å². The van der Waals surface area contributed by atoms with E-state index in [1.807, 2.05) is 24.3 Å². The Morgan fingerprint density at radius 3 is 2.83 bits per heavy atom. The number of para-hydroxylation sites is 1. The molecule has 2 N–H and O–H groups in total. The summed E-state index contributed by atoms with van der Waals surface area (Å²) in [5.41, 5.74) is 4.57. The van der Waals surface area contributed by atoms with E-state index in [0.29, 0.717) is 19.5 Å². The van der Waals surface area contributed by atoms with Gasteiger partial charge in [0.05, 0.1) is 19.0 Å². The van der Waals surface area contributed by atoms with Crippen molar-refractivity contribution >= 4 is 28.4 Å². The Balaban J connectivity index is 1.73. The Kier molecular flexibility index (Phi) is 5.57. The highest BCUT2D eigenvalue weighted by atomic mass is 35.5. The van der Waals surface area contributed by atoms with Crippen LogP contribution >= 0.6 is 11.6 Å². The van der Waals surface area contributed by atoms with Gasteiger partial charge in [-0.15, -0.1) is 0 Å². The second kappa shape index (κ2) is 8.28. The Morgan fingerprint density at radius 2 is 2.03 bits per heavy atom. The molecule has 0 saturated carbocycles. The van der Waals surface area contributed by atoms with E-state index in [2.05, 4.69) is 52.5 Å². The summed E-state index contributed by atoms with van der Waals surface area (Å²) in [6.45, 7) is 3.48. The number of nitriles is 1. The second-order valence-corrected chi connectivity index (χ2v) is 7.84. The SMILES string of the molecule is C[C@H]1c2[nH]c3ccccc3c2[C@@H](c2ccccc2Cl)CN1CC(=O)NCCC#N. The van der Waals surface area contributed by atoms with Gasteiger partial charge in [0.1, 0.15) is 0 Å². The molecule has 5 nitrogen and oxygen atoms in total. The van der Waals surface area contributed by atoms with Crippen LogP contribution in [0.3, 0.4) is 0 Å². The van der Waals surface area contributed by atoms with Crippen LogP contribution in [-0.4, -0.2) is 35.4 Å². The molecule has 2 atom stereocenters. The van der Waals surface area contributed by atoms with Crippen LogP contribution in [0.2, 0.25) is 5.02 Å². The van der Waals surface area contributed by atoms with Gasteiger partial charge in [0.25, 0.3) is 0 Å². The number of aromatic amines is 1. The summed E-state index contributed by atoms with van der Waals surface area (Å²) in [6, 6.07) is 18.4. The van der Waals surface area contributed by atoms with Gasteiger partial charge in [0, 0.05) is 46.7 Å². The van der Waals surface area contributed by atoms with Crippen molar-refractivity contribution in [2.45, 2.75) is 25.3 Å². The summed E-state index contributed by atoms with van der Waals surface area (Å²) in [5.74, 6) is 0.00234. The molecule has 3 aromatic rings. The lowest BCUT2D eigenvalue weighted by Crippen LogP contribution is -2.43. The molecule has 4 rings (SSSR count). The molecule has 148 valence electrons. The predicted octanol–water partition coefficient (Wildman–Crippen LogP) is 4.36. The van der Waals surface area contributed by atoms with Crippen LogP contribution in [0, 0.1) is 11.3 Å². The van der Waals surface area contributed by atoms with Gasteiger partial charge in [-0.25, -0.2) is 0 Å². The zero-order valence-corrected chi connectivity index (χ0v) is 17.0. The lowest BCUT2D eigenvalue weighted by molar-refractivity contribution is -0.122. The molecule has 0 unspecified atom stereocenters. The minimum absolute atomic E-state index is 0.0652. The first-order valence-electron chi connectivity index (χ1n) is 9.82. The van der Waals surface area contributed by atoms with E-state index in [0.717, 1.165) is 21.8 Å². The summed E-state index contributed by atoms with van der Waals surface area (Å²) < 4.78 is 0. The number of amides is 1. The number of halogens is 1. The molecule has 6 heteroatoms. The number of fused-ring (bicyclic) bond motifs is 3. The third-order valence-corrected chi connectivity index (χ3v) is 6.04. The third-order valence-electron chi connectivity index (χ3n) is 5.69. The van der Waals surface area contributed by atoms with Crippen molar-refractivity contribution < 1.29 is 4.79 Å². The number of nitrogens with zero attached hydrogens (tertiary/aromatic N) is 2. The highest BCUT2D eigenvalue weighted by Crippen LogP contribution is 2.44. The number of carbonyl (C=O) groups is 1. The summed E-state index contributed by atoms with van der Waals surface area (Å²) in [6.07, 6.45) is 0.315. The second-order valence-electron chi connectivity index (χ2n) is 7.44. The monoisotopic (exact) mass is 406 g/mol. The van der Waals surface area contributed by atoms with Crippen molar-refractivity contribution in [1.29, 1.82) is 5.26 Å². The van der Waals surface area contributed by atoms with E-state index in [1.54, 1.807) is 0 Å². The van der Waals surface area contributed by atoms with Gasteiger partial charge in [-0.1, -0.05) is 48.0 Å². The quantitative estimate of drug-likeness (QED) is 0.618. The van der Waals surface area contributed by atoms with Crippen molar-refractivity contribution in [3.63, 3.8) is 0 Å². The number of carbonyl (C=O) groups excluding carboxylic acids is 1. The van der Waals surface area contributed by atoms with Crippen LogP contribution < -0.4 is 5.32 Å². The van der Waals surface area contributed by atoms with E-state index in [9.17, 15) is 4.79 Å². The minimum atomic E-state index is -0.0652. The summed E-state index contributed by atoms with van der Waals surface area (Å²) in [5, 5.41) is 13.5. The lowest BCUT2D eigenvalue weighted by Gasteiger charge is -2.38. The molecule has 0 saturated heterocycles. The number of hydrogen-bond donors (Lipinski definition) is 2. The van der Waals surface area contributed by atoms with Crippen LogP contribution in [-0.2, 0) is 4.79 Å². The van der Waals surface area contributed by atoms with Crippen molar-refractivity contribution in [1.82, 2.24) is 15.2 Å². The average molecular weight is 407 g/mol. The van der Waals surface area contributed by atoms with Crippen molar-refractivity contribution in [2.24, 2.45) is 0 Å². The van der Waals surface area contributed by atoms with E-state index >= 15 is 0 Å². The van der Waals surface area contributed by atoms with Gasteiger partial charge in [0.2, 0.25) is 5.91 Å². The largest absolute Gasteiger partial charge is 0.357 e.